The monoisotopic (exact) mass is 405 g/mol. The second kappa shape index (κ2) is 8.19. The number of carbonyl (C=O) groups excluding carboxylic acids is 1. The van der Waals surface area contributed by atoms with Crippen LogP contribution in [-0.4, -0.2) is 30.1 Å². The number of piperidine rings is 1. The minimum atomic E-state index is -4.91. The molecule has 1 fully saturated rings. The highest BCUT2D eigenvalue weighted by Crippen LogP contribution is 2.47. The van der Waals surface area contributed by atoms with Gasteiger partial charge >= 0.3 is 6.18 Å². The number of likely N-dealkylation sites (tertiary alicyclic amines) is 1. The van der Waals surface area contributed by atoms with E-state index in [4.69, 9.17) is 4.74 Å². The molecular weight excluding hydrogens is 379 g/mol. The van der Waals surface area contributed by atoms with Gasteiger partial charge in [-0.3, -0.25) is 4.79 Å². The minimum absolute atomic E-state index is 0.211. The Morgan fingerprint density at radius 2 is 1.52 bits per heavy atom. The molecule has 156 valence electrons. The van der Waals surface area contributed by atoms with Crippen molar-refractivity contribution in [3.8, 4) is 0 Å². The lowest BCUT2D eigenvalue weighted by atomic mass is 9.82. The van der Waals surface area contributed by atoms with Crippen LogP contribution in [0.1, 0.15) is 43.9 Å². The van der Waals surface area contributed by atoms with Crippen LogP contribution >= 0.6 is 0 Å². The highest BCUT2D eigenvalue weighted by molar-refractivity contribution is 5.88. The number of amides is 1. The summed E-state index contributed by atoms with van der Waals surface area (Å²) in [6.45, 7) is 3.88. The maximum Gasteiger partial charge on any atom is 0.430 e. The number of halogens is 3. The van der Waals surface area contributed by atoms with Crippen molar-refractivity contribution in [2.24, 2.45) is 5.92 Å². The first kappa shape index (κ1) is 21.4. The number of hydrogen-bond donors (Lipinski definition) is 0. The van der Waals surface area contributed by atoms with Gasteiger partial charge in [0.15, 0.2) is 0 Å². The second-order valence-corrected chi connectivity index (χ2v) is 7.81. The van der Waals surface area contributed by atoms with Crippen LogP contribution in [0.2, 0.25) is 0 Å². The van der Waals surface area contributed by atoms with Crippen molar-refractivity contribution in [1.82, 2.24) is 4.90 Å². The van der Waals surface area contributed by atoms with Crippen LogP contribution in [-0.2, 0) is 15.1 Å². The Kier molecular flexibility index (Phi) is 6.03. The Labute approximate surface area is 169 Å². The molecule has 0 unspecified atom stereocenters. The van der Waals surface area contributed by atoms with E-state index in [1.54, 1.807) is 6.07 Å². The predicted molar refractivity (Wildman–Crippen MR) is 105 cm³/mol. The Balaban J connectivity index is 2.14. The first-order chi connectivity index (χ1) is 13.7. The summed E-state index contributed by atoms with van der Waals surface area (Å²) in [6.07, 6.45) is -3.67. The van der Waals surface area contributed by atoms with E-state index in [1.807, 2.05) is 37.3 Å². The van der Waals surface area contributed by atoms with E-state index in [2.05, 4.69) is 6.92 Å². The van der Waals surface area contributed by atoms with Gasteiger partial charge in [-0.2, -0.15) is 13.2 Å². The average Bonchev–Trinajstić information content (AvgIpc) is 2.68. The molecule has 1 saturated heterocycles. The van der Waals surface area contributed by atoms with Gasteiger partial charge in [-0.25, -0.2) is 0 Å². The molecule has 3 nitrogen and oxygen atoms in total. The van der Waals surface area contributed by atoms with Gasteiger partial charge in [0.05, 0.1) is 6.04 Å². The fourth-order valence-electron chi connectivity index (χ4n) is 4.49. The van der Waals surface area contributed by atoms with E-state index in [0.717, 1.165) is 12.7 Å². The molecule has 1 aliphatic rings. The third-order valence-corrected chi connectivity index (χ3v) is 5.79. The van der Waals surface area contributed by atoms with Crippen molar-refractivity contribution in [3.05, 3.63) is 71.8 Å². The zero-order valence-corrected chi connectivity index (χ0v) is 16.8. The maximum atomic E-state index is 14.4. The van der Waals surface area contributed by atoms with Crippen LogP contribution in [0.4, 0.5) is 13.2 Å². The number of benzene rings is 2. The highest BCUT2D eigenvalue weighted by atomic mass is 19.4. The molecule has 3 rings (SSSR count). The van der Waals surface area contributed by atoms with Crippen molar-refractivity contribution in [3.63, 3.8) is 0 Å². The average molecular weight is 405 g/mol. The molecule has 2 aromatic carbocycles. The summed E-state index contributed by atoms with van der Waals surface area (Å²) in [5.41, 5.74) is -2.42. The van der Waals surface area contributed by atoms with Gasteiger partial charge in [0.25, 0.3) is 11.5 Å². The molecule has 0 radical (unpaired) electrons. The fourth-order valence-corrected chi connectivity index (χ4v) is 4.49. The van der Waals surface area contributed by atoms with Crippen molar-refractivity contribution < 1.29 is 22.7 Å². The lowest BCUT2D eigenvalue weighted by molar-refractivity contribution is -0.273. The van der Waals surface area contributed by atoms with Gasteiger partial charge < -0.3 is 9.64 Å². The van der Waals surface area contributed by atoms with E-state index >= 15 is 0 Å². The summed E-state index contributed by atoms with van der Waals surface area (Å²) >= 11 is 0. The summed E-state index contributed by atoms with van der Waals surface area (Å²) in [5.74, 6) is -0.772. The molecule has 0 N–H and O–H groups in total. The van der Waals surface area contributed by atoms with Crippen molar-refractivity contribution in [2.75, 3.05) is 7.11 Å². The van der Waals surface area contributed by atoms with Gasteiger partial charge in [0, 0.05) is 18.7 Å². The second-order valence-electron chi connectivity index (χ2n) is 7.81. The molecule has 29 heavy (non-hydrogen) atoms. The van der Waals surface area contributed by atoms with Crippen LogP contribution in [0.25, 0.3) is 0 Å². The topological polar surface area (TPSA) is 29.5 Å². The molecule has 1 amide bonds. The Morgan fingerprint density at radius 1 is 0.966 bits per heavy atom. The van der Waals surface area contributed by atoms with Crippen molar-refractivity contribution in [2.45, 2.75) is 50.6 Å². The first-order valence-electron chi connectivity index (χ1n) is 9.77. The van der Waals surface area contributed by atoms with E-state index in [-0.39, 0.29) is 11.6 Å². The summed E-state index contributed by atoms with van der Waals surface area (Å²) in [4.78, 5) is 15.1. The number of carbonyl (C=O) groups is 1. The summed E-state index contributed by atoms with van der Waals surface area (Å²) in [7, 11) is 0.952. The smallest absolute Gasteiger partial charge is 0.356 e. The van der Waals surface area contributed by atoms with Crippen LogP contribution < -0.4 is 0 Å². The van der Waals surface area contributed by atoms with Crippen molar-refractivity contribution in [1.29, 1.82) is 0 Å². The molecule has 0 saturated carbocycles. The number of methoxy groups -OCH3 is 1. The standard InChI is InChI=1S/C23H26F3NO2/c1-16-14-17(2)27(20(15-16)18-10-6-4-7-11-18)21(28)22(29-3,23(24,25)26)19-12-8-5-9-13-19/h4-13,16-17,20H,14-15H2,1-3H3/t16-,17-,20-,22-/m0/s1. The van der Waals surface area contributed by atoms with Gasteiger partial charge in [0.2, 0.25) is 0 Å². The molecule has 0 bridgehead atoms. The lowest BCUT2D eigenvalue weighted by Crippen LogP contribution is -2.60. The maximum absolute atomic E-state index is 14.4. The molecule has 0 aliphatic carbocycles. The molecule has 6 heteroatoms. The quantitative estimate of drug-likeness (QED) is 0.674. The summed E-state index contributed by atoms with van der Waals surface area (Å²) < 4.78 is 48.3. The molecular formula is C23H26F3NO2. The Morgan fingerprint density at radius 3 is 2.03 bits per heavy atom. The van der Waals surface area contributed by atoms with Gasteiger partial charge in [0.1, 0.15) is 0 Å². The van der Waals surface area contributed by atoms with Crippen LogP contribution in [0, 0.1) is 5.92 Å². The van der Waals surface area contributed by atoms with E-state index in [1.165, 1.54) is 29.2 Å². The van der Waals surface area contributed by atoms with Gasteiger partial charge in [-0.15, -0.1) is 0 Å². The Bertz CT molecular complexity index is 825. The van der Waals surface area contributed by atoms with E-state index < -0.39 is 23.7 Å². The van der Waals surface area contributed by atoms with Crippen LogP contribution in [0.5, 0.6) is 0 Å². The zero-order valence-electron chi connectivity index (χ0n) is 16.8. The van der Waals surface area contributed by atoms with Crippen LogP contribution in [0.3, 0.4) is 0 Å². The highest BCUT2D eigenvalue weighted by Gasteiger charge is 2.65. The first-order valence-corrected chi connectivity index (χ1v) is 9.77. The Hall–Kier alpha value is -2.34. The van der Waals surface area contributed by atoms with Crippen LogP contribution in [0.15, 0.2) is 60.7 Å². The van der Waals surface area contributed by atoms with Crippen molar-refractivity contribution >= 4 is 5.91 Å². The molecule has 2 aromatic rings. The molecule has 0 aromatic heterocycles. The number of rotatable bonds is 4. The zero-order chi connectivity index (χ0) is 21.2. The number of alkyl halides is 3. The number of nitrogens with zero attached hydrogens (tertiary/aromatic N) is 1. The van der Waals surface area contributed by atoms with Gasteiger partial charge in [-0.05, 0) is 31.2 Å². The molecule has 1 aliphatic heterocycles. The number of hydrogen-bond acceptors (Lipinski definition) is 2. The minimum Gasteiger partial charge on any atom is -0.356 e. The number of ether oxygens (including phenoxy) is 1. The summed E-state index contributed by atoms with van der Waals surface area (Å²) in [5, 5.41) is 0. The fraction of sp³-hybridized carbons (Fsp3) is 0.435. The SMILES string of the molecule is CO[C@](C(=O)N1[C@@H](C)C[C@H](C)C[C@H]1c1ccccc1)(c1ccccc1)C(F)(F)F. The largest absolute Gasteiger partial charge is 0.430 e. The predicted octanol–water partition coefficient (Wildman–Crippen LogP) is 5.48. The molecule has 0 spiro atoms. The molecule has 4 atom stereocenters. The third-order valence-electron chi connectivity index (χ3n) is 5.79. The normalized spacial score (nSPS) is 24.8. The third kappa shape index (κ3) is 3.78. The van der Waals surface area contributed by atoms with Gasteiger partial charge in [-0.1, -0.05) is 67.6 Å². The summed E-state index contributed by atoms with van der Waals surface area (Å²) in [6, 6.07) is 15.6. The van der Waals surface area contributed by atoms with E-state index in [9.17, 15) is 18.0 Å². The van der Waals surface area contributed by atoms with E-state index in [0.29, 0.717) is 18.8 Å². The lowest BCUT2D eigenvalue weighted by Gasteiger charge is -2.47. The molecule has 1 heterocycles.